The van der Waals surface area contributed by atoms with E-state index in [0.717, 1.165) is 38.9 Å². The second-order valence-corrected chi connectivity index (χ2v) is 4.90. The van der Waals surface area contributed by atoms with E-state index in [-0.39, 0.29) is 5.91 Å². The van der Waals surface area contributed by atoms with Crippen molar-refractivity contribution >= 4 is 11.7 Å². The molecule has 0 spiro atoms. The van der Waals surface area contributed by atoms with Gasteiger partial charge in [-0.05, 0) is 19.3 Å². The van der Waals surface area contributed by atoms with Crippen LogP contribution < -0.4 is 5.73 Å². The van der Waals surface area contributed by atoms with E-state index < -0.39 is 0 Å². The molecule has 2 rings (SSSR count). The molecule has 1 aromatic rings. The second kappa shape index (κ2) is 5.89. The summed E-state index contributed by atoms with van der Waals surface area (Å²) in [5, 5.41) is 4.19. The fraction of sp³-hybridized carbons (Fsp3) is 0.692. The standard InChI is InChI=1S/C13H22N4O/c1-2-7-17-10-11(12(14)15-17)13(18)16-8-5-3-4-6-9-16/h10H,2-9H2,1H3,(H2,14,15). The SMILES string of the molecule is CCCn1cc(C(=O)N2CCCCCC2)c(N)n1. The molecule has 0 bridgehead atoms. The van der Waals surface area contributed by atoms with Gasteiger partial charge in [0, 0.05) is 25.8 Å². The normalized spacial score (nSPS) is 16.6. The zero-order chi connectivity index (χ0) is 13.0. The molecule has 5 nitrogen and oxygen atoms in total. The molecule has 0 radical (unpaired) electrons. The van der Waals surface area contributed by atoms with Gasteiger partial charge in [-0.3, -0.25) is 9.48 Å². The van der Waals surface area contributed by atoms with Gasteiger partial charge in [-0.25, -0.2) is 0 Å². The molecule has 100 valence electrons. The van der Waals surface area contributed by atoms with E-state index in [1.807, 2.05) is 4.90 Å². The van der Waals surface area contributed by atoms with Gasteiger partial charge in [0.15, 0.2) is 5.82 Å². The summed E-state index contributed by atoms with van der Waals surface area (Å²) in [6.45, 7) is 4.57. The number of carbonyl (C=O) groups excluding carboxylic acids is 1. The van der Waals surface area contributed by atoms with Crippen LogP contribution in [-0.4, -0.2) is 33.7 Å². The molecule has 1 aromatic heterocycles. The lowest BCUT2D eigenvalue weighted by atomic mass is 10.2. The number of carbonyl (C=O) groups is 1. The highest BCUT2D eigenvalue weighted by Crippen LogP contribution is 2.16. The Kier molecular flexibility index (Phi) is 4.23. The fourth-order valence-corrected chi connectivity index (χ4v) is 2.39. The van der Waals surface area contributed by atoms with E-state index >= 15 is 0 Å². The molecule has 0 aromatic carbocycles. The first-order chi connectivity index (χ1) is 8.72. The van der Waals surface area contributed by atoms with Crippen molar-refractivity contribution in [1.29, 1.82) is 0 Å². The number of hydrogen-bond acceptors (Lipinski definition) is 3. The van der Waals surface area contributed by atoms with Crippen LogP contribution in [0.25, 0.3) is 0 Å². The summed E-state index contributed by atoms with van der Waals surface area (Å²) in [7, 11) is 0. The molecule has 2 N–H and O–H groups in total. The van der Waals surface area contributed by atoms with E-state index in [4.69, 9.17) is 5.73 Å². The van der Waals surface area contributed by atoms with Crippen molar-refractivity contribution in [1.82, 2.24) is 14.7 Å². The zero-order valence-electron chi connectivity index (χ0n) is 11.1. The quantitative estimate of drug-likeness (QED) is 0.891. The summed E-state index contributed by atoms with van der Waals surface area (Å²) in [5.41, 5.74) is 6.40. The first-order valence-electron chi connectivity index (χ1n) is 6.84. The third-order valence-corrected chi connectivity index (χ3v) is 3.37. The van der Waals surface area contributed by atoms with Crippen LogP contribution in [0.15, 0.2) is 6.20 Å². The topological polar surface area (TPSA) is 64.2 Å². The number of amides is 1. The molecule has 0 aliphatic carbocycles. The summed E-state index contributed by atoms with van der Waals surface area (Å²) >= 11 is 0. The molecular formula is C13H22N4O. The van der Waals surface area contributed by atoms with Crippen molar-refractivity contribution in [2.75, 3.05) is 18.8 Å². The lowest BCUT2D eigenvalue weighted by Crippen LogP contribution is -2.32. The Labute approximate surface area is 108 Å². The second-order valence-electron chi connectivity index (χ2n) is 4.90. The Morgan fingerprint density at radius 3 is 2.61 bits per heavy atom. The van der Waals surface area contributed by atoms with E-state index in [1.165, 1.54) is 12.8 Å². The molecule has 2 heterocycles. The lowest BCUT2D eigenvalue weighted by molar-refractivity contribution is 0.0762. The maximum absolute atomic E-state index is 12.4. The maximum Gasteiger partial charge on any atom is 0.259 e. The maximum atomic E-state index is 12.4. The van der Waals surface area contributed by atoms with Crippen LogP contribution in [0.5, 0.6) is 0 Å². The monoisotopic (exact) mass is 250 g/mol. The predicted molar refractivity (Wildman–Crippen MR) is 71.3 cm³/mol. The number of hydrogen-bond donors (Lipinski definition) is 1. The van der Waals surface area contributed by atoms with E-state index in [9.17, 15) is 4.79 Å². The number of aryl methyl sites for hydroxylation is 1. The van der Waals surface area contributed by atoms with Gasteiger partial charge >= 0.3 is 0 Å². The molecular weight excluding hydrogens is 228 g/mol. The van der Waals surface area contributed by atoms with Crippen LogP contribution in [0, 0.1) is 0 Å². The third kappa shape index (κ3) is 2.83. The van der Waals surface area contributed by atoms with E-state index in [1.54, 1.807) is 10.9 Å². The van der Waals surface area contributed by atoms with Crippen LogP contribution >= 0.6 is 0 Å². The minimum absolute atomic E-state index is 0.0387. The minimum atomic E-state index is 0.0387. The molecule has 5 heteroatoms. The van der Waals surface area contributed by atoms with E-state index in [2.05, 4.69) is 12.0 Å². The van der Waals surface area contributed by atoms with Gasteiger partial charge < -0.3 is 10.6 Å². The van der Waals surface area contributed by atoms with Gasteiger partial charge in [0.2, 0.25) is 0 Å². The Morgan fingerprint density at radius 2 is 2.00 bits per heavy atom. The molecule has 0 saturated carbocycles. The van der Waals surface area contributed by atoms with Gasteiger partial charge in [0.1, 0.15) is 5.56 Å². The summed E-state index contributed by atoms with van der Waals surface area (Å²) < 4.78 is 1.76. The van der Waals surface area contributed by atoms with Crippen molar-refractivity contribution < 1.29 is 4.79 Å². The summed E-state index contributed by atoms with van der Waals surface area (Å²) in [6.07, 6.45) is 7.39. The average molecular weight is 250 g/mol. The zero-order valence-corrected chi connectivity index (χ0v) is 11.1. The fourth-order valence-electron chi connectivity index (χ4n) is 2.39. The third-order valence-electron chi connectivity index (χ3n) is 3.37. The van der Waals surface area contributed by atoms with Crippen molar-refractivity contribution in [3.63, 3.8) is 0 Å². The Balaban J connectivity index is 2.11. The molecule has 1 aliphatic heterocycles. The van der Waals surface area contributed by atoms with Gasteiger partial charge in [-0.2, -0.15) is 5.10 Å². The highest BCUT2D eigenvalue weighted by atomic mass is 16.2. The Hall–Kier alpha value is -1.52. The number of anilines is 1. The van der Waals surface area contributed by atoms with Crippen LogP contribution in [-0.2, 0) is 6.54 Å². The molecule has 0 unspecified atom stereocenters. The van der Waals surface area contributed by atoms with Crippen LogP contribution in [0.4, 0.5) is 5.82 Å². The summed E-state index contributed by atoms with van der Waals surface area (Å²) in [5.74, 6) is 0.398. The Bertz CT molecular complexity index is 405. The van der Waals surface area contributed by atoms with Crippen molar-refractivity contribution in [3.05, 3.63) is 11.8 Å². The highest BCUT2D eigenvalue weighted by molar-refractivity contribution is 5.98. The average Bonchev–Trinajstić information content (AvgIpc) is 2.57. The molecule has 18 heavy (non-hydrogen) atoms. The van der Waals surface area contributed by atoms with Crippen molar-refractivity contribution in [3.8, 4) is 0 Å². The number of nitrogen functional groups attached to an aromatic ring is 1. The first-order valence-corrected chi connectivity index (χ1v) is 6.84. The van der Waals surface area contributed by atoms with Crippen LogP contribution in [0.1, 0.15) is 49.4 Å². The van der Waals surface area contributed by atoms with Gasteiger partial charge in [-0.1, -0.05) is 19.8 Å². The number of nitrogens with two attached hydrogens (primary N) is 1. The minimum Gasteiger partial charge on any atom is -0.382 e. The summed E-state index contributed by atoms with van der Waals surface area (Å²) in [6, 6.07) is 0. The molecule has 1 saturated heterocycles. The summed E-state index contributed by atoms with van der Waals surface area (Å²) in [4.78, 5) is 14.3. The van der Waals surface area contributed by atoms with Crippen LogP contribution in [0.2, 0.25) is 0 Å². The Morgan fingerprint density at radius 1 is 1.33 bits per heavy atom. The molecule has 1 aliphatic rings. The smallest absolute Gasteiger partial charge is 0.259 e. The molecule has 1 fully saturated rings. The largest absolute Gasteiger partial charge is 0.382 e. The number of likely N-dealkylation sites (tertiary alicyclic amines) is 1. The molecule has 0 atom stereocenters. The first kappa shape index (κ1) is 12.9. The lowest BCUT2D eigenvalue weighted by Gasteiger charge is -2.19. The van der Waals surface area contributed by atoms with Crippen LogP contribution in [0.3, 0.4) is 0 Å². The van der Waals surface area contributed by atoms with Crippen molar-refractivity contribution in [2.24, 2.45) is 0 Å². The number of nitrogens with zero attached hydrogens (tertiary/aromatic N) is 3. The van der Waals surface area contributed by atoms with Crippen molar-refractivity contribution in [2.45, 2.75) is 45.6 Å². The van der Waals surface area contributed by atoms with E-state index in [0.29, 0.717) is 11.4 Å². The van der Waals surface area contributed by atoms with Gasteiger partial charge in [0.05, 0.1) is 0 Å². The predicted octanol–water partition coefficient (Wildman–Crippen LogP) is 1.89. The highest BCUT2D eigenvalue weighted by Gasteiger charge is 2.21. The molecule has 1 amide bonds. The number of aromatic nitrogens is 2. The number of rotatable bonds is 3. The van der Waals surface area contributed by atoms with Gasteiger partial charge in [-0.15, -0.1) is 0 Å². The van der Waals surface area contributed by atoms with Gasteiger partial charge in [0.25, 0.3) is 5.91 Å².